The van der Waals surface area contributed by atoms with E-state index >= 15 is 0 Å². The van der Waals surface area contributed by atoms with Crippen molar-refractivity contribution in [1.29, 1.82) is 0 Å². The van der Waals surface area contributed by atoms with Crippen LogP contribution in [0.1, 0.15) is 41.5 Å². The van der Waals surface area contributed by atoms with Crippen LogP contribution in [-0.4, -0.2) is 29.2 Å². The van der Waals surface area contributed by atoms with Crippen LogP contribution >= 0.6 is 11.8 Å². The molecule has 1 N–H and O–H groups in total. The van der Waals surface area contributed by atoms with Crippen LogP contribution in [-0.2, 0) is 4.74 Å². The Bertz CT molecular complexity index is 212. The van der Waals surface area contributed by atoms with E-state index in [0.29, 0.717) is 5.92 Å². The zero-order valence-corrected chi connectivity index (χ0v) is 12.1. The van der Waals surface area contributed by atoms with Crippen molar-refractivity contribution in [3.63, 3.8) is 0 Å². The minimum absolute atomic E-state index is 0.180. The Kier molecular flexibility index (Phi) is 6.88. The number of hydrogen-bond acceptors (Lipinski definition) is 3. The van der Waals surface area contributed by atoms with E-state index in [1.165, 1.54) is 0 Å². The van der Waals surface area contributed by atoms with E-state index in [2.05, 4.69) is 26.1 Å². The quantitative estimate of drug-likeness (QED) is 0.810. The van der Waals surface area contributed by atoms with E-state index in [9.17, 15) is 4.79 Å². The molecule has 0 radical (unpaired) electrons. The maximum Gasteiger partial charge on any atom is 0.407 e. The van der Waals surface area contributed by atoms with E-state index in [1.54, 1.807) is 0 Å². The number of amides is 1. The van der Waals surface area contributed by atoms with Crippen molar-refractivity contribution in [2.45, 2.75) is 53.2 Å². The predicted octanol–water partition coefficient (Wildman–Crippen LogP) is 3.29. The molecule has 1 amide bonds. The average Bonchev–Trinajstić information content (AvgIpc) is 2.08. The third-order valence-corrected chi connectivity index (χ3v) is 3.01. The van der Waals surface area contributed by atoms with Gasteiger partial charge in [0.15, 0.2) is 0 Å². The fraction of sp³-hybridized carbons (Fsp3) is 0.917. The minimum Gasteiger partial charge on any atom is -0.444 e. The molecule has 0 rings (SSSR count). The molecule has 0 saturated carbocycles. The molecule has 0 heterocycles. The molecule has 3 nitrogen and oxygen atoms in total. The highest BCUT2D eigenvalue weighted by Crippen LogP contribution is 2.12. The summed E-state index contributed by atoms with van der Waals surface area (Å²) in [5.74, 6) is 2.43. The Hall–Kier alpha value is -0.380. The Labute approximate surface area is 104 Å². The maximum atomic E-state index is 11.6. The molecule has 0 aliphatic rings. The van der Waals surface area contributed by atoms with Crippen LogP contribution in [0.2, 0.25) is 0 Å². The van der Waals surface area contributed by atoms with Crippen LogP contribution in [0, 0.1) is 5.92 Å². The van der Waals surface area contributed by atoms with Gasteiger partial charge in [0, 0.05) is 11.8 Å². The fourth-order valence-corrected chi connectivity index (χ4v) is 2.06. The summed E-state index contributed by atoms with van der Waals surface area (Å²) in [7, 11) is 0. The molecule has 0 aromatic rings. The third kappa shape index (κ3) is 7.85. The normalized spacial score (nSPS) is 13.7. The van der Waals surface area contributed by atoms with Crippen LogP contribution < -0.4 is 5.32 Å². The van der Waals surface area contributed by atoms with Gasteiger partial charge >= 0.3 is 6.09 Å². The summed E-state index contributed by atoms with van der Waals surface area (Å²) in [5.41, 5.74) is -0.427. The molecule has 1 atom stereocenters. The third-order valence-electron chi connectivity index (χ3n) is 2.01. The number of alkyl carbamates (subject to hydrolysis) is 1. The SMILES string of the molecule is CCSC[C@@H](NC(=O)OC(C)(C)C)C(C)C. The minimum atomic E-state index is -0.427. The van der Waals surface area contributed by atoms with Crippen molar-refractivity contribution >= 4 is 17.9 Å². The first-order valence-corrected chi connectivity index (χ1v) is 6.99. The lowest BCUT2D eigenvalue weighted by Gasteiger charge is -2.25. The smallest absolute Gasteiger partial charge is 0.407 e. The topological polar surface area (TPSA) is 38.3 Å². The van der Waals surface area contributed by atoms with Crippen LogP contribution in [0.15, 0.2) is 0 Å². The molecule has 0 aromatic heterocycles. The number of carbonyl (C=O) groups excluding carboxylic acids is 1. The van der Waals surface area contributed by atoms with Gasteiger partial charge in [-0.25, -0.2) is 4.79 Å². The predicted molar refractivity (Wildman–Crippen MR) is 71.0 cm³/mol. The van der Waals surface area contributed by atoms with Gasteiger partial charge in [-0.15, -0.1) is 0 Å². The van der Waals surface area contributed by atoms with Crippen LogP contribution in [0.5, 0.6) is 0 Å². The lowest BCUT2D eigenvalue weighted by atomic mass is 10.1. The Morgan fingerprint density at radius 2 is 1.94 bits per heavy atom. The second kappa shape index (κ2) is 7.05. The van der Waals surface area contributed by atoms with E-state index in [-0.39, 0.29) is 12.1 Å². The molecule has 0 aliphatic carbocycles. The lowest BCUT2D eigenvalue weighted by Crippen LogP contribution is -2.43. The Balaban J connectivity index is 4.13. The summed E-state index contributed by atoms with van der Waals surface area (Å²) in [5, 5.41) is 2.93. The van der Waals surface area contributed by atoms with Gasteiger partial charge in [0.25, 0.3) is 0 Å². The number of nitrogens with one attached hydrogen (secondary N) is 1. The molecule has 0 saturated heterocycles. The molecule has 0 fully saturated rings. The molecule has 0 unspecified atom stereocenters. The first kappa shape index (κ1) is 15.6. The van der Waals surface area contributed by atoms with Crippen molar-refractivity contribution < 1.29 is 9.53 Å². The van der Waals surface area contributed by atoms with Gasteiger partial charge < -0.3 is 10.1 Å². The fourth-order valence-electron chi connectivity index (χ4n) is 1.10. The molecule has 0 bridgehead atoms. The first-order valence-electron chi connectivity index (χ1n) is 5.83. The number of carbonyl (C=O) groups is 1. The van der Waals surface area contributed by atoms with Gasteiger partial charge in [0.1, 0.15) is 5.60 Å². The van der Waals surface area contributed by atoms with Crippen molar-refractivity contribution in [2.75, 3.05) is 11.5 Å². The molecule has 0 aromatic carbocycles. The second-order valence-corrected chi connectivity index (χ2v) is 6.48. The molecule has 0 spiro atoms. The van der Waals surface area contributed by atoms with E-state index in [4.69, 9.17) is 4.74 Å². The van der Waals surface area contributed by atoms with Crippen molar-refractivity contribution in [1.82, 2.24) is 5.32 Å². The highest BCUT2D eigenvalue weighted by Gasteiger charge is 2.21. The van der Waals surface area contributed by atoms with Crippen molar-refractivity contribution in [3.05, 3.63) is 0 Å². The number of thioether (sulfide) groups is 1. The van der Waals surface area contributed by atoms with Gasteiger partial charge in [-0.3, -0.25) is 0 Å². The molecule has 0 aliphatic heterocycles. The molecular weight excluding hydrogens is 222 g/mol. The largest absolute Gasteiger partial charge is 0.444 e. The standard InChI is InChI=1S/C12H25NO2S/c1-7-16-8-10(9(2)3)13-11(14)15-12(4,5)6/h9-10H,7-8H2,1-6H3,(H,13,14)/t10-/m1/s1. The van der Waals surface area contributed by atoms with Crippen LogP contribution in [0.3, 0.4) is 0 Å². The van der Waals surface area contributed by atoms with Gasteiger partial charge in [0.05, 0.1) is 0 Å². The monoisotopic (exact) mass is 247 g/mol. The average molecular weight is 247 g/mol. The van der Waals surface area contributed by atoms with Crippen LogP contribution in [0.4, 0.5) is 4.79 Å². The Morgan fingerprint density at radius 3 is 2.31 bits per heavy atom. The van der Waals surface area contributed by atoms with Crippen molar-refractivity contribution in [2.24, 2.45) is 5.92 Å². The van der Waals surface area contributed by atoms with E-state index in [1.807, 2.05) is 32.5 Å². The molecule has 96 valence electrons. The highest BCUT2D eigenvalue weighted by atomic mass is 32.2. The highest BCUT2D eigenvalue weighted by molar-refractivity contribution is 7.99. The summed E-state index contributed by atoms with van der Waals surface area (Å²) in [6, 6.07) is 0.180. The van der Waals surface area contributed by atoms with Gasteiger partial charge in [-0.1, -0.05) is 20.8 Å². The molecule has 16 heavy (non-hydrogen) atoms. The zero-order valence-electron chi connectivity index (χ0n) is 11.3. The van der Waals surface area contributed by atoms with Gasteiger partial charge in [0.2, 0.25) is 0 Å². The Morgan fingerprint density at radius 1 is 1.38 bits per heavy atom. The van der Waals surface area contributed by atoms with Crippen LogP contribution in [0.25, 0.3) is 0 Å². The number of rotatable bonds is 5. The summed E-state index contributed by atoms with van der Waals surface area (Å²) in [4.78, 5) is 11.6. The zero-order chi connectivity index (χ0) is 12.8. The van der Waals surface area contributed by atoms with Gasteiger partial charge in [-0.2, -0.15) is 11.8 Å². The van der Waals surface area contributed by atoms with E-state index in [0.717, 1.165) is 11.5 Å². The van der Waals surface area contributed by atoms with Crippen molar-refractivity contribution in [3.8, 4) is 0 Å². The summed E-state index contributed by atoms with van der Waals surface area (Å²) in [6.07, 6.45) is -0.317. The maximum absolute atomic E-state index is 11.6. The number of hydrogen-bond donors (Lipinski definition) is 1. The molecular formula is C12H25NO2S. The van der Waals surface area contributed by atoms with Gasteiger partial charge in [-0.05, 0) is 32.4 Å². The second-order valence-electron chi connectivity index (χ2n) is 5.16. The number of ether oxygens (including phenoxy) is 1. The van der Waals surface area contributed by atoms with E-state index < -0.39 is 5.60 Å². The lowest BCUT2D eigenvalue weighted by molar-refractivity contribution is 0.0497. The summed E-state index contributed by atoms with van der Waals surface area (Å²) >= 11 is 1.83. The molecule has 4 heteroatoms. The first-order chi connectivity index (χ1) is 7.26. The summed E-state index contributed by atoms with van der Waals surface area (Å²) in [6.45, 7) is 12.0. The summed E-state index contributed by atoms with van der Waals surface area (Å²) < 4.78 is 5.24.